The third-order valence-electron chi connectivity index (χ3n) is 1.57. The Kier molecular flexibility index (Phi) is 5.20. The van der Waals surface area contributed by atoms with E-state index in [1.165, 1.54) is 0 Å². The minimum absolute atomic E-state index is 0.548. The molecule has 0 fully saturated rings. The van der Waals surface area contributed by atoms with E-state index in [2.05, 4.69) is 55.4 Å². The van der Waals surface area contributed by atoms with Crippen LogP contribution in [0.15, 0.2) is 21.1 Å². The second-order valence-electron chi connectivity index (χ2n) is 2.65. The molecule has 0 unspecified atom stereocenters. The summed E-state index contributed by atoms with van der Waals surface area (Å²) < 4.78 is 39.4. The zero-order valence-electron chi connectivity index (χ0n) is 7.30. The molecule has 0 saturated carbocycles. The van der Waals surface area contributed by atoms with Crippen LogP contribution in [-0.4, -0.2) is 4.93 Å². The van der Waals surface area contributed by atoms with Crippen molar-refractivity contribution < 1.29 is 13.2 Å². The molecule has 7 heteroatoms. The summed E-state index contributed by atoms with van der Waals surface area (Å²) >= 11 is 7.36. The van der Waals surface area contributed by atoms with Gasteiger partial charge in [0.25, 0.3) is 0 Å². The summed E-state index contributed by atoms with van der Waals surface area (Å²) in [7, 11) is 0. The zero-order valence-corrected chi connectivity index (χ0v) is 14.8. The topological polar surface area (TPSA) is 0 Å². The summed E-state index contributed by atoms with van der Waals surface area (Å²) in [6.07, 6.45) is -4.29. The van der Waals surface area contributed by atoms with E-state index < -0.39 is 27.6 Å². The number of halogens is 7. The number of benzene rings is 1. The van der Waals surface area contributed by atoms with E-state index in [0.717, 1.165) is 15.7 Å². The first-order valence-electron chi connectivity index (χ1n) is 3.56. The number of hydrogen-bond acceptors (Lipinski definition) is 0. The molecule has 0 aromatic heterocycles. The van der Waals surface area contributed by atoms with Crippen molar-refractivity contribution in [2.75, 3.05) is 4.93 Å². The van der Waals surface area contributed by atoms with Crippen LogP contribution in [-0.2, 0) is 6.18 Å². The average Bonchev–Trinajstić information content (AvgIpc) is 1.99. The molecule has 0 bridgehead atoms. The summed E-state index contributed by atoms with van der Waals surface area (Å²) in [4.78, 5) is 2.07. The Balaban J connectivity index is 3.32. The quantitative estimate of drug-likeness (QED) is 0.224. The molecule has 0 amide bonds. The van der Waals surface area contributed by atoms with Gasteiger partial charge in [-0.1, -0.05) is 0 Å². The predicted molar refractivity (Wildman–Crippen MR) is 79.5 cm³/mol. The van der Waals surface area contributed by atoms with Crippen molar-refractivity contribution in [3.8, 4) is 0 Å². The summed E-state index contributed by atoms with van der Waals surface area (Å²) in [6.45, 7) is 0. The third-order valence-corrected chi connectivity index (χ3v) is 9.69. The van der Waals surface area contributed by atoms with Crippen molar-refractivity contribution in [3.05, 3.63) is 30.2 Å². The van der Waals surface area contributed by atoms with Gasteiger partial charge in [-0.05, 0) is 0 Å². The first kappa shape index (κ1) is 14.5. The maximum atomic E-state index is 12.4. The van der Waals surface area contributed by atoms with Gasteiger partial charge in [0.2, 0.25) is 0 Å². The molecule has 0 heterocycles. The Morgan fingerprint density at radius 2 is 1.60 bits per heavy atom. The van der Waals surface area contributed by atoms with Crippen LogP contribution in [0, 0.1) is 3.57 Å². The van der Waals surface area contributed by atoms with Crippen molar-refractivity contribution in [2.24, 2.45) is 0 Å². The molecule has 0 aliphatic carbocycles. The Hall–Kier alpha value is 1.43. The zero-order chi connectivity index (χ0) is 11.8. The van der Waals surface area contributed by atoms with Gasteiger partial charge in [0.1, 0.15) is 0 Å². The van der Waals surface area contributed by atoms with Crippen molar-refractivity contribution in [1.82, 2.24) is 0 Å². The normalized spacial score (nSPS) is 12.9. The van der Waals surface area contributed by atoms with E-state index in [1.807, 2.05) is 0 Å². The van der Waals surface area contributed by atoms with Gasteiger partial charge in [0.15, 0.2) is 0 Å². The van der Waals surface area contributed by atoms with Gasteiger partial charge >= 0.3 is 121 Å². The molecule has 1 aromatic carbocycles. The van der Waals surface area contributed by atoms with Gasteiger partial charge in [0.05, 0.1) is 0 Å². The van der Waals surface area contributed by atoms with Crippen LogP contribution >= 0.6 is 66.3 Å². The Labute approximate surface area is 119 Å². The number of alkyl halides is 4. The fourth-order valence-corrected chi connectivity index (χ4v) is 13.6. The molecule has 0 spiro atoms. The molecule has 0 N–H and O–H groups in total. The molecule has 0 atom stereocenters. The standard InChI is InChI=1S/C8H5Br2F3I2/c1-15(14)7-5(9)2-4(3-6(7)10)8(11,12)13/h2-3H,1H3. The SMILES string of the molecule is CI(I)c1c(Br)cc(C(F)(F)F)cc1Br. The van der Waals surface area contributed by atoms with E-state index in [0.29, 0.717) is 8.95 Å². The fraction of sp³-hybridized carbons (Fsp3) is 0.250. The first-order chi connectivity index (χ1) is 6.73. The third kappa shape index (κ3) is 3.70. The van der Waals surface area contributed by atoms with Gasteiger partial charge in [0, 0.05) is 0 Å². The molecule has 15 heavy (non-hydrogen) atoms. The van der Waals surface area contributed by atoms with Crippen molar-refractivity contribution >= 4 is 66.3 Å². The summed E-state index contributed by atoms with van der Waals surface area (Å²) in [6, 6.07) is 2.29. The van der Waals surface area contributed by atoms with Crippen LogP contribution in [0.25, 0.3) is 0 Å². The molecule has 1 aromatic rings. The molecular weight excluding hydrogens is 567 g/mol. The molecular formula is C8H5Br2F3I2. The Morgan fingerprint density at radius 1 is 1.20 bits per heavy atom. The van der Waals surface area contributed by atoms with Gasteiger partial charge in [-0.2, -0.15) is 0 Å². The maximum absolute atomic E-state index is 12.4. The monoisotopic (exact) mass is 570 g/mol. The van der Waals surface area contributed by atoms with Gasteiger partial charge in [-0.25, -0.2) is 0 Å². The fourth-order valence-electron chi connectivity index (χ4n) is 0.968. The van der Waals surface area contributed by atoms with Crippen LogP contribution in [0.5, 0.6) is 0 Å². The summed E-state index contributed by atoms with van der Waals surface area (Å²) in [5.41, 5.74) is -0.626. The van der Waals surface area contributed by atoms with Gasteiger partial charge < -0.3 is 0 Å². The van der Waals surface area contributed by atoms with Crippen molar-refractivity contribution in [3.63, 3.8) is 0 Å². The van der Waals surface area contributed by atoms with Crippen LogP contribution in [0.4, 0.5) is 13.2 Å². The van der Waals surface area contributed by atoms with E-state index >= 15 is 0 Å². The van der Waals surface area contributed by atoms with Crippen molar-refractivity contribution in [2.45, 2.75) is 6.18 Å². The van der Waals surface area contributed by atoms with Crippen LogP contribution in [0.1, 0.15) is 5.56 Å². The second-order valence-corrected chi connectivity index (χ2v) is 15.9. The minimum atomic E-state index is -4.29. The molecule has 86 valence electrons. The molecule has 0 aliphatic rings. The Bertz CT molecular complexity index is 354. The van der Waals surface area contributed by atoms with Crippen molar-refractivity contribution in [1.29, 1.82) is 0 Å². The molecule has 0 nitrogen and oxygen atoms in total. The van der Waals surface area contributed by atoms with E-state index in [1.54, 1.807) is 0 Å². The second kappa shape index (κ2) is 5.38. The first-order valence-corrected chi connectivity index (χ1v) is 14.7. The summed E-state index contributed by atoms with van der Waals surface area (Å²) in [5.74, 6) is 0. The van der Waals surface area contributed by atoms with Gasteiger partial charge in [-0.15, -0.1) is 0 Å². The molecule has 0 radical (unpaired) electrons. The molecule has 1 rings (SSSR count). The van der Waals surface area contributed by atoms with Crippen LogP contribution in [0.2, 0.25) is 0 Å². The summed E-state index contributed by atoms with van der Waals surface area (Å²) in [5, 5.41) is 0. The number of hydrogen-bond donors (Lipinski definition) is 0. The van der Waals surface area contributed by atoms with E-state index in [9.17, 15) is 13.2 Å². The number of rotatable bonds is 1. The van der Waals surface area contributed by atoms with E-state index in [4.69, 9.17) is 0 Å². The average molecular weight is 572 g/mol. The van der Waals surface area contributed by atoms with E-state index in [-0.39, 0.29) is 0 Å². The molecule has 0 saturated heterocycles. The van der Waals surface area contributed by atoms with Crippen LogP contribution < -0.4 is 0 Å². The predicted octanol–water partition coefficient (Wildman–Crippen LogP) is 5.89. The molecule has 0 aliphatic heterocycles. The van der Waals surface area contributed by atoms with Crippen LogP contribution in [0.3, 0.4) is 0 Å². The van der Waals surface area contributed by atoms with Gasteiger partial charge in [-0.3, -0.25) is 0 Å². The Morgan fingerprint density at radius 3 is 1.87 bits per heavy atom.